The summed E-state index contributed by atoms with van der Waals surface area (Å²) in [5, 5.41) is 3.33. The van der Waals surface area contributed by atoms with Crippen LogP contribution in [0.5, 0.6) is 5.75 Å². The van der Waals surface area contributed by atoms with Gasteiger partial charge in [0.15, 0.2) is 0 Å². The zero-order chi connectivity index (χ0) is 21.7. The van der Waals surface area contributed by atoms with E-state index in [9.17, 15) is 14.4 Å². The van der Waals surface area contributed by atoms with Crippen LogP contribution in [0.1, 0.15) is 45.4 Å². The lowest BCUT2D eigenvalue weighted by Gasteiger charge is -2.26. The molecule has 0 radical (unpaired) electrons. The molecule has 30 heavy (non-hydrogen) atoms. The first-order chi connectivity index (χ1) is 14.5. The van der Waals surface area contributed by atoms with Crippen LogP contribution in [-0.2, 0) is 14.4 Å². The molecule has 3 atom stereocenters. The van der Waals surface area contributed by atoms with Gasteiger partial charge in [-0.25, -0.2) is 0 Å². The van der Waals surface area contributed by atoms with E-state index in [0.29, 0.717) is 35.2 Å². The van der Waals surface area contributed by atoms with Crippen molar-refractivity contribution in [2.24, 2.45) is 11.8 Å². The zero-order valence-corrected chi connectivity index (χ0v) is 19.1. The van der Waals surface area contributed by atoms with Gasteiger partial charge in [0.05, 0.1) is 24.1 Å². The number of fused-ring (bicyclic) bond motifs is 1. The van der Waals surface area contributed by atoms with Crippen molar-refractivity contribution in [1.82, 2.24) is 4.90 Å². The minimum absolute atomic E-state index is 0.195. The van der Waals surface area contributed by atoms with Crippen molar-refractivity contribution in [2.45, 2.75) is 51.5 Å². The highest BCUT2D eigenvalue weighted by atomic mass is 35.5. The van der Waals surface area contributed by atoms with E-state index in [1.165, 1.54) is 4.90 Å². The molecule has 0 spiro atoms. The molecule has 6 nitrogen and oxygen atoms in total. The predicted molar refractivity (Wildman–Crippen MR) is 120 cm³/mol. The molecule has 2 fully saturated rings. The Morgan fingerprint density at radius 1 is 1.27 bits per heavy atom. The molecule has 1 saturated carbocycles. The van der Waals surface area contributed by atoms with Crippen molar-refractivity contribution in [3.63, 3.8) is 0 Å². The second-order valence-corrected chi connectivity index (χ2v) is 9.24. The average Bonchev–Trinajstić information content (AvgIpc) is 2.99. The Hall–Kier alpha value is -1.73. The Kier molecular flexibility index (Phi) is 8.06. The van der Waals surface area contributed by atoms with Gasteiger partial charge in [0, 0.05) is 5.02 Å². The maximum Gasteiger partial charge on any atom is 0.247 e. The highest BCUT2D eigenvalue weighted by Gasteiger charge is 2.51. The van der Waals surface area contributed by atoms with Crippen molar-refractivity contribution < 1.29 is 19.1 Å². The second kappa shape index (κ2) is 10.5. The number of thioether (sulfide) groups is 1. The lowest BCUT2D eigenvalue weighted by atomic mass is 9.81. The number of hydrogen-bond donors (Lipinski definition) is 1. The third kappa shape index (κ3) is 4.94. The maximum absolute atomic E-state index is 13.3. The summed E-state index contributed by atoms with van der Waals surface area (Å²) >= 11 is 7.71. The van der Waals surface area contributed by atoms with Crippen molar-refractivity contribution in [3.8, 4) is 5.75 Å². The Bertz CT molecular complexity index is 779. The Morgan fingerprint density at radius 3 is 2.53 bits per heavy atom. The number of carbonyl (C=O) groups excluding carboxylic acids is 3. The summed E-state index contributed by atoms with van der Waals surface area (Å²) in [6.07, 6.45) is 6.54. The first-order valence-corrected chi connectivity index (χ1v) is 12.3. The highest BCUT2D eigenvalue weighted by molar-refractivity contribution is 7.98. The van der Waals surface area contributed by atoms with Gasteiger partial charge in [-0.2, -0.15) is 11.8 Å². The van der Waals surface area contributed by atoms with E-state index in [1.54, 1.807) is 30.0 Å². The normalized spacial score (nSPS) is 22.0. The minimum atomic E-state index is -0.832. The lowest BCUT2D eigenvalue weighted by Crippen LogP contribution is -2.48. The maximum atomic E-state index is 13.3. The number of benzene rings is 1. The quantitative estimate of drug-likeness (QED) is 0.563. The smallest absolute Gasteiger partial charge is 0.247 e. The molecule has 1 aliphatic carbocycles. The molecule has 1 aromatic rings. The zero-order valence-electron chi connectivity index (χ0n) is 17.5. The highest BCUT2D eigenvalue weighted by Crippen LogP contribution is 2.39. The van der Waals surface area contributed by atoms with Gasteiger partial charge < -0.3 is 10.1 Å². The van der Waals surface area contributed by atoms with Crippen LogP contribution < -0.4 is 10.1 Å². The number of imide groups is 1. The molecule has 1 aliphatic heterocycles. The van der Waals surface area contributed by atoms with Crippen LogP contribution >= 0.6 is 23.4 Å². The Morgan fingerprint density at radius 2 is 1.93 bits per heavy atom. The number of amides is 3. The first kappa shape index (κ1) is 22.9. The van der Waals surface area contributed by atoms with E-state index in [2.05, 4.69) is 5.32 Å². The van der Waals surface area contributed by atoms with Crippen molar-refractivity contribution in [1.29, 1.82) is 0 Å². The summed E-state index contributed by atoms with van der Waals surface area (Å²) in [5.74, 6) is -0.131. The molecule has 1 aromatic carbocycles. The minimum Gasteiger partial charge on any atom is -0.491 e. The number of nitrogens with zero attached hydrogens (tertiary/aromatic N) is 1. The molecule has 164 valence electrons. The number of rotatable bonds is 9. The van der Waals surface area contributed by atoms with Gasteiger partial charge in [0.1, 0.15) is 11.8 Å². The Labute approximate surface area is 187 Å². The molecule has 3 unspecified atom stereocenters. The standard InChI is InChI=1S/C22H29ClN2O4S/c1-3-11-29-19-9-8-14(23)13-17(19)24-20(26)18(10-12-30-2)25-21(27)15-6-4-5-7-16(15)22(25)28/h8-9,13,15-16,18H,3-7,10-12H2,1-2H3,(H,24,26). The summed E-state index contributed by atoms with van der Waals surface area (Å²) in [7, 11) is 0. The van der Waals surface area contributed by atoms with Crippen molar-refractivity contribution in [3.05, 3.63) is 23.2 Å². The largest absolute Gasteiger partial charge is 0.491 e. The fourth-order valence-corrected chi connectivity index (χ4v) is 4.89. The molecule has 1 heterocycles. The number of halogens is 1. The third-order valence-corrected chi connectivity index (χ3v) is 6.63. The topological polar surface area (TPSA) is 75.7 Å². The van der Waals surface area contributed by atoms with Crippen molar-refractivity contribution in [2.75, 3.05) is 23.9 Å². The molecule has 8 heteroatoms. The van der Waals surface area contributed by atoms with Crippen LogP contribution in [0.3, 0.4) is 0 Å². The van der Waals surface area contributed by atoms with Crippen LogP contribution in [0.2, 0.25) is 5.02 Å². The van der Waals surface area contributed by atoms with E-state index in [0.717, 1.165) is 32.1 Å². The number of hydrogen-bond acceptors (Lipinski definition) is 5. The molecule has 3 amide bonds. The summed E-state index contributed by atoms with van der Waals surface area (Å²) in [6.45, 7) is 2.50. The molecule has 0 bridgehead atoms. The van der Waals surface area contributed by atoms with Crippen LogP contribution in [0, 0.1) is 11.8 Å². The first-order valence-electron chi connectivity index (χ1n) is 10.6. The van der Waals surface area contributed by atoms with E-state index < -0.39 is 6.04 Å². The summed E-state index contributed by atoms with van der Waals surface area (Å²) in [6, 6.07) is 4.21. The van der Waals surface area contributed by atoms with Crippen LogP contribution in [0.15, 0.2) is 18.2 Å². The lowest BCUT2D eigenvalue weighted by molar-refractivity contribution is -0.146. The Balaban J connectivity index is 1.84. The predicted octanol–water partition coefficient (Wildman–Crippen LogP) is 4.36. The van der Waals surface area contributed by atoms with Gasteiger partial charge in [-0.3, -0.25) is 19.3 Å². The van der Waals surface area contributed by atoms with Crippen LogP contribution in [-0.4, -0.2) is 47.3 Å². The molecule has 2 aliphatic rings. The number of ether oxygens (including phenoxy) is 1. The fourth-order valence-electron chi connectivity index (χ4n) is 4.26. The monoisotopic (exact) mass is 452 g/mol. The number of carbonyl (C=O) groups is 3. The molecule has 0 aromatic heterocycles. The molecular weight excluding hydrogens is 424 g/mol. The van der Waals surface area contributed by atoms with Gasteiger partial charge in [-0.1, -0.05) is 31.4 Å². The number of nitrogens with one attached hydrogen (secondary N) is 1. The molecule has 1 N–H and O–H groups in total. The van der Waals surface area contributed by atoms with E-state index in [1.807, 2.05) is 13.2 Å². The third-order valence-electron chi connectivity index (χ3n) is 5.75. The van der Waals surface area contributed by atoms with E-state index in [4.69, 9.17) is 16.3 Å². The van der Waals surface area contributed by atoms with Gasteiger partial charge in [0.2, 0.25) is 17.7 Å². The molecule has 1 saturated heterocycles. The van der Waals surface area contributed by atoms with Crippen molar-refractivity contribution >= 4 is 46.8 Å². The number of likely N-dealkylation sites (tertiary alicyclic amines) is 1. The van der Waals surface area contributed by atoms with Gasteiger partial charge >= 0.3 is 0 Å². The molecule has 3 rings (SSSR count). The van der Waals surface area contributed by atoms with E-state index >= 15 is 0 Å². The second-order valence-electron chi connectivity index (χ2n) is 7.82. The van der Waals surface area contributed by atoms with Gasteiger partial charge in [-0.15, -0.1) is 0 Å². The summed E-state index contributed by atoms with van der Waals surface area (Å²) in [5.41, 5.74) is 0.451. The summed E-state index contributed by atoms with van der Waals surface area (Å²) < 4.78 is 5.72. The van der Waals surface area contributed by atoms with Crippen LogP contribution in [0.4, 0.5) is 5.69 Å². The van der Waals surface area contributed by atoms with E-state index in [-0.39, 0.29) is 29.6 Å². The SMILES string of the molecule is CCCOc1ccc(Cl)cc1NC(=O)C(CCSC)N1C(=O)C2CCCCC2C1=O. The molecular formula is C22H29ClN2O4S. The fraction of sp³-hybridized carbons (Fsp3) is 0.591. The number of anilines is 1. The average molecular weight is 453 g/mol. The van der Waals surface area contributed by atoms with Gasteiger partial charge in [0.25, 0.3) is 0 Å². The summed E-state index contributed by atoms with van der Waals surface area (Å²) in [4.78, 5) is 40.6. The van der Waals surface area contributed by atoms with Crippen LogP contribution in [0.25, 0.3) is 0 Å². The van der Waals surface area contributed by atoms with Gasteiger partial charge in [-0.05, 0) is 55.9 Å².